The van der Waals surface area contributed by atoms with Crippen molar-refractivity contribution in [3.05, 3.63) is 66.1 Å². The number of pyridine rings is 1. The molecule has 0 atom stereocenters. The maximum atomic E-state index is 12.0. The zero-order chi connectivity index (χ0) is 15.4. The first-order valence-corrected chi connectivity index (χ1v) is 7.55. The second kappa shape index (κ2) is 6.43. The van der Waals surface area contributed by atoms with E-state index in [2.05, 4.69) is 41.5 Å². The summed E-state index contributed by atoms with van der Waals surface area (Å²) in [6.45, 7) is 2.14. The summed E-state index contributed by atoms with van der Waals surface area (Å²) in [6.07, 6.45) is 7.74. The average molecular weight is 293 g/mol. The largest absolute Gasteiger partial charge is 0.325 e. The number of carbonyl (C=O) groups excluding carboxylic acids is 1. The number of hydrogen-bond donors (Lipinski definition) is 1. The summed E-state index contributed by atoms with van der Waals surface area (Å²) in [5, 5.41) is 2.93. The van der Waals surface area contributed by atoms with Gasteiger partial charge in [0.1, 0.15) is 5.65 Å². The van der Waals surface area contributed by atoms with Crippen molar-refractivity contribution in [3.63, 3.8) is 0 Å². The average Bonchev–Trinajstić information content (AvgIpc) is 3.01. The second-order valence-electron chi connectivity index (χ2n) is 5.33. The molecule has 0 aliphatic heterocycles. The lowest BCUT2D eigenvalue weighted by Gasteiger charge is -2.06. The summed E-state index contributed by atoms with van der Waals surface area (Å²) in [4.78, 5) is 16.2. The highest BCUT2D eigenvalue weighted by Crippen LogP contribution is 2.11. The first-order chi connectivity index (χ1) is 10.7. The fourth-order valence-corrected chi connectivity index (χ4v) is 2.42. The van der Waals surface area contributed by atoms with Gasteiger partial charge in [0.2, 0.25) is 5.91 Å². The molecule has 0 spiro atoms. The van der Waals surface area contributed by atoms with Gasteiger partial charge < -0.3 is 9.72 Å². The Morgan fingerprint density at radius 1 is 1.14 bits per heavy atom. The van der Waals surface area contributed by atoms with Gasteiger partial charge in [-0.05, 0) is 36.1 Å². The molecule has 0 fully saturated rings. The first kappa shape index (κ1) is 14.3. The highest BCUT2D eigenvalue weighted by Gasteiger charge is 2.04. The van der Waals surface area contributed by atoms with E-state index in [1.165, 1.54) is 11.1 Å². The minimum Gasteiger partial charge on any atom is -0.325 e. The molecule has 2 aromatic heterocycles. The Morgan fingerprint density at radius 2 is 1.91 bits per heavy atom. The fraction of sp³-hybridized carbons (Fsp3) is 0.222. The summed E-state index contributed by atoms with van der Waals surface area (Å²) >= 11 is 0. The lowest BCUT2D eigenvalue weighted by Crippen LogP contribution is -2.12. The van der Waals surface area contributed by atoms with Crippen LogP contribution in [0.15, 0.2) is 55.0 Å². The van der Waals surface area contributed by atoms with Crippen molar-refractivity contribution in [2.45, 2.75) is 26.2 Å². The minimum absolute atomic E-state index is 0.0269. The molecule has 1 amide bonds. The number of rotatable bonds is 5. The van der Waals surface area contributed by atoms with Crippen LogP contribution in [-0.4, -0.2) is 15.3 Å². The third kappa shape index (κ3) is 3.34. The zero-order valence-corrected chi connectivity index (χ0v) is 12.6. The summed E-state index contributed by atoms with van der Waals surface area (Å²) in [5.41, 5.74) is 4.17. The van der Waals surface area contributed by atoms with Crippen LogP contribution in [0.1, 0.15) is 24.5 Å². The van der Waals surface area contributed by atoms with Gasteiger partial charge in [0.25, 0.3) is 0 Å². The normalized spacial score (nSPS) is 10.8. The Balaban J connectivity index is 1.57. The predicted molar refractivity (Wildman–Crippen MR) is 88.0 cm³/mol. The molecule has 3 aromatic rings. The molecule has 3 rings (SSSR count). The highest BCUT2D eigenvalue weighted by molar-refractivity contribution is 5.90. The van der Waals surface area contributed by atoms with Crippen molar-refractivity contribution < 1.29 is 4.79 Å². The van der Waals surface area contributed by atoms with Gasteiger partial charge in [-0.3, -0.25) is 4.79 Å². The van der Waals surface area contributed by atoms with Crippen LogP contribution < -0.4 is 5.32 Å². The number of anilines is 1. The van der Waals surface area contributed by atoms with E-state index in [1.807, 2.05) is 28.9 Å². The SMILES string of the molecule is CCc1ccc(CCC(=O)Nc2ccc3nccn3c2)cc1. The lowest BCUT2D eigenvalue weighted by molar-refractivity contribution is -0.116. The molecule has 0 saturated heterocycles. The Kier molecular flexibility index (Phi) is 4.19. The maximum Gasteiger partial charge on any atom is 0.224 e. The molecule has 0 unspecified atom stereocenters. The second-order valence-corrected chi connectivity index (χ2v) is 5.33. The topological polar surface area (TPSA) is 46.4 Å². The van der Waals surface area contributed by atoms with Crippen molar-refractivity contribution in [1.29, 1.82) is 0 Å². The van der Waals surface area contributed by atoms with Gasteiger partial charge in [-0.15, -0.1) is 0 Å². The molecule has 112 valence electrons. The molecule has 0 bridgehead atoms. The minimum atomic E-state index is 0.0269. The van der Waals surface area contributed by atoms with Crippen LogP contribution in [0, 0.1) is 0 Å². The quantitative estimate of drug-likeness (QED) is 0.783. The number of aromatic nitrogens is 2. The van der Waals surface area contributed by atoms with Gasteiger partial charge >= 0.3 is 0 Å². The summed E-state index contributed by atoms with van der Waals surface area (Å²) in [7, 11) is 0. The van der Waals surface area contributed by atoms with Gasteiger partial charge in [-0.25, -0.2) is 4.98 Å². The van der Waals surface area contributed by atoms with Crippen molar-refractivity contribution in [2.24, 2.45) is 0 Å². The molecule has 0 aliphatic rings. The van der Waals surface area contributed by atoms with E-state index in [0.29, 0.717) is 6.42 Å². The monoisotopic (exact) mass is 293 g/mol. The molecule has 1 N–H and O–H groups in total. The van der Waals surface area contributed by atoms with Gasteiger partial charge in [0.05, 0.1) is 5.69 Å². The van der Waals surface area contributed by atoms with Crippen LogP contribution in [0.25, 0.3) is 5.65 Å². The number of nitrogens with zero attached hydrogens (tertiary/aromatic N) is 2. The molecular weight excluding hydrogens is 274 g/mol. The molecule has 0 aliphatic carbocycles. The fourth-order valence-electron chi connectivity index (χ4n) is 2.42. The smallest absolute Gasteiger partial charge is 0.224 e. The van der Waals surface area contributed by atoms with E-state index in [-0.39, 0.29) is 5.91 Å². The Morgan fingerprint density at radius 3 is 2.68 bits per heavy atom. The van der Waals surface area contributed by atoms with Crippen LogP contribution >= 0.6 is 0 Å². The number of amides is 1. The van der Waals surface area contributed by atoms with Gasteiger partial charge in [0.15, 0.2) is 0 Å². The van der Waals surface area contributed by atoms with Crippen molar-refractivity contribution in [2.75, 3.05) is 5.32 Å². The van der Waals surface area contributed by atoms with Gasteiger partial charge in [-0.1, -0.05) is 31.2 Å². The number of fused-ring (bicyclic) bond motifs is 1. The van der Waals surface area contributed by atoms with E-state index in [1.54, 1.807) is 6.20 Å². The Bertz CT molecular complexity index is 774. The standard InChI is InChI=1S/C18H19N3O/c1-2-14-3-5-15(6-4-14)7-10-18(22)20-16-8-9-17-19-11-12-21(17)13-16/h3-6,8-9,11-13H,2,7,10H2,1H3,(H,20,22). The van der Waals surface area contributed by atoms with Crippen molar-refractivity contribution >= 4 is 17.2 Å². The number of imidazole rings is 1. The number of aryl methyl sites for hydroxylation is 2. The maximum absolute atomic E-state index is 12.0. The Hall–Kier alpha value is -2.62. The number of nitrogens with one attached hydrogen (secondary N) is 1. The van der Waals surface area contributed by atoms with Crippen LogP contribution in [0.2, 0.25) is 0 Å². The van der Waals surface area contributed by atoms with Crippen LogP contribution in [0.3, 0.4) is 0 Å². The predicted octanol–water partition coefficient (Wildman–Crippen LogP) is 3.47. The molecule has 4 heteroatoms. The highest BCUT2D eigenvalue weighted by atomic mass is 16.1. The molecule has 0 saturated carbocycles. The lowest BCUT2D eigenvalue weighted by atomic mass is 10.1. The van der Waals surface area contributed by atoms with Gasteiger partial charge in [-0.2, -0.15) is 0 Å². The molecular formula is C18H19N3O. The summed E-state index contributed by atoms with van der Waals surface area (Å²) in [5.74, 6) is 0.0269. The number of hydrogen-bond acceptors (Lipinski definition) is 2. The van der Waals surface area contributed by atoms with E-state index in [9.17, 15) is 4.79 Å². The van der Waals surface area contributed by atoms with E-state index in [0.717, 1.165) is 24.2 Å². The Labute approximate surface area is 129 Å². The van der Waals surface area contributed by atoms with Crippen LogP contribution in [-0.2, 0) is 17.6 Å². The molecule has 0 radical (unpaired) electrons. The van der Waals surface area contributed by atoms with Crippen LogP contribution in [0.5, 0.6) is 0 Å². The molecule has 22 heavy (non-hydrogen) atoms. The summed E-state index contributed by atoms with van der Waals surface area (Å²) in [6, 6.07) is 12.2. The summed E-state index contributed by atoms with van der Waals surface area (Å²) < 4.78 is 1.89. The third-order valence-electron chi connectivity index (χ3n) is 3.74. The van der Waals surface area contributed by atoms with Crippen molar-refractivity contribution in [3.8, 4) is 0 Å². The van der Waals surface area contributed by atoms with E-state index < -0.39 is 0 Å². The molecule has 2 heterocycles. The third-order valence-corrected chi connectivity index (χ3v) is 3.74. The molecule has 1 aromatic carbocycles. The van der Waals surface area contributed by atoms with Crippen molar-refractivity contribution in [1.82, 2.24) is 9.38 Å². The zero-order valence-electron chi connectivity index (χ0n) is 12.6. The van der Waals surface area contributed by atoms with Gasteiger partial charge in [0, 0.05) is 25.0 Å². The first-order valence-electron chi connectivity index (χ1n) is 7.55. The molecule has 4 nitrogen and oxygen atoms in total. The van der Waals surface area contributed by atoms with E-state index in [4.69, 9.17) is 0 Å². The van der Waals surface area contributed by atoms with Crippen LogP contribution in [0.4, 0.5) is 5.69 Å². The number of carbonyl (C=O) groups is 1. The van der Waals surface area contributed by atoms with E-state index >= 15 is 0 Å². The number of benzene rings is 1.